The number of benzene rings is 2. The fourth-order valence-corrected chi connectivity index (χ4v) is 3.08. The molecule has 0 amide bonds. The maximum absolute atomic E-state index is 10.8. The van der Waals surface area contributed by atoms with Gasteiger partial charge in [0.2, 0.25) is 0 Å². The average molecular weight is 334 g/mol. The zero-order chi connectivity index (χ0) is 14.0. The Kier molecular flexibility index (Phi) is 4.75. The molecule has 0 spiro atoms. The normalized spacial score (nSPS) is 10.5. The molecule has 0 aliphatic carbocycles. The van der Waals surface area contributed by atoms with E-state index in [1.165, 1.54) is 0 Å². The number of aldehydes is 1. The first kappa shape index (κ1) is 14.7. The molecule has 0 aliphatic rings. The fraction of sp³-hybridized carbons (Fsp3) is 0.0714. The highest BCUT2D eigenvalue weighted by Crippen LogP contribution is 2.39. The summed E-state index contributed by atoms with van der Waals surface area (Å²) in [7, 11) is 0. The monoisotopic (exact) mass is 332 g/mol. The molecule has 0 saturated carbocycles. The van der Waals surface area contributed by atoms with Crippen molar-refractivity contribution >= 4 is 52.7 Å². The molecule has 98 valence electrons. The van der Waals surface area contributed by atoms with Gasteiger partial charge in [-0.25, -0.2) is 0 Å². The van der Waals surface area contributed by atoms with E-state index >= 15 is 0 Å². The molecule has 19 heavy (non-hydrogen) atoms. The van der Waals surface area contributed by atoms with Gasteiger partial charge in [0.1, 0.15) is 6.29 Å². The molecule has 2 aromatic carbocycles. The lowest BCUT2D eigenvalue weighted by Gasteiger charge is -2.12. The minimum atomic E-state index is 0.241. The van der Waals surface area contributed by atoms with Crippen molar-refractivity contribution in [2.45, 2.75) is 6.42 Å². The quantitative estimate of drug-likeness (QED) is 0.657. The van der Waals surface area contributed by atoms with Crippen LogP contribution < -0.4 is 0 Å². The van der Waals surface area contributed by atoms with Crippen LogP contribution in [0.1, 0.15) is 5.56 Å². The van der Waals surface area contributed by atoms with Gasteiger partial charge in [-0.3, -0.25) is 0 Å². The van der Waals surface area contributed by atoms with Gasteiger partial charge in [0.05, 0.1) is 10.0 Å². The largest absolute Gasteiger partial charge is 0.303 e. The first-order valence-corrected chi connectivity index (χ1v) is 6.91. The molecule has 0 bridgehead atoms. The Morgan fingerprint density at radius 1 is 0.895 bits per heavy atom. The number of rotatable bonds is 3. The van der Waals surface area contributed by atoms with Crippen molar-refractivity contribution in [2.75, 3.05) is 0 Å². The second-order valence-corrected chi connectivity index (χ2v) is 5.60. The summed E-state index contributed by atoms with van der Waals surface area (Å²) in [4.78, 5) is 10.8. The van der Waals surface area contributed by atoms with Crippen molar-refractivity contribution in [3.05, 3.63) is 56.0 Å². The number of halogens is 4. The predicted octanol–water partition coefficient (Wildman–Crippen LogP) is 5.71. The van der Waals surface area contributed by atoms with Crippen LogP contribution in [0.2, 0.25) is 20.1 Å². The van der Waals surface area contributed by atoms with E-state index in [1.54, 1.807) is 30.3 Å². The summed E-state index contributed by atoms with van der Waals surface area (Å²) < 4.78 is 0. The molecule has 0 saturated heterocycles. The molecule has 0 heterocycles. The lowest BCUT2D eigenvalue weighted by Crippen LogP contribution is -1.93. The fourth-order valence-electron chi connectivity index (χ4n) is 1.86. The first-order chi connectivity index (χ1) is 9.02. The highest BCUT2D eigenvalue weighted by atomic mass is 35.5. The molecule has 0 unspecified atom stereocenters. The Bertz CT molecular complexity index is 614. The van der Waals surface area contributed by atoms with Crippen molar-refractivity contribution in [2.24, 2.45) is 0 Å². The Hall–Kier alpha value is -0.730. The van der Waals surface area contributed by atoms with Gasteiger partial charge >= 0.3 is 0 Å². The van der Waals surface area contributed by atoms with Crippen molar-refractivity contribution in [3.8, 4) is 11.1 Å². The molecule has 0 atom stereocenters. The van der Waals surface area contributed by atoms with Crippen molar-refractivity contribution in [1.82, 2.24) is 0 Å². The molecular formula is C14H8Cl4O. The van der Waals surface area contributed by atoms with Crippen molar-refractivity contribution in [1.29, 1.82) is 0 Å². The number of carbonyl (C=O) groups excluding carboxylic acids is 1. The minimum Gasteiger partial charge on any atom is -0.303 e. The van der Waals surface area contributed by atoms with Gasteiger partial charge < -0.3 is 4.79 Å². The maximum Gasteiger partial charge on any atom is 0.124 e. The van der Waals surface area contributed by atoms with Gasteiger partial charge in [0.25, 0.3) is 0 Å². The van der Waals surface area contributed by atoms with Gasteiger partial charge in [-0.15, -0.1) is 0 Å². The molecule has 0 aliphatic heterocycles. The molecule has 2 aromatic rings. The van der Waals surface area contributed by atoms with Crippen LogP contribution in [0.3, 0.4) is 0 Å². The topological polar surface area (TPSA) is 17.1 Å². The SMILES string of the molecule is O=CCc1cc(Cl)ccc1-c1c(Cl)cc(Cl)cc1Cl. The lowest BCUT2D eigenvalue weighted by molar-refractivity contribution is -0.107. The van der Waals surface area contributed by atoms with E-state index in [0.717, 1.165) is 17.4 Å². The van der Waals surface area contributed by atoms with E-state index in [2.05, 4.69) is 0 Å². The van der Waals surface area contributed by atoms with Crippen LogP contribution >= 0.6 is 46.4 Å². The molecule has 0 aromatic heterocycles. The Balaban J connectivity index is 2.68. The third kappa shape index (κ3) is 3.24. The first-order valence-electron chi connectivity index (χ1n) is 5.40. The van der Waals surface area contributed by atoms with E-state index in [1.807, 2.05) is 0 Å². The van der Waals surface area contributed by atoms with Crippen molar-refractivity contribution in [3.63, 3.8) is 0 Å². The van der Waals surface area contributed by atoms with E-state index < -0.39 is 0 Å². The van der Waals surface area contributed by atoms with Crippen LogP contribution in [0.4, 0.5) is 0 Å². The second-order valence-electron chi connectivity index (χ2n) is 3.92. The van der Waals surface area contributed by atoms with Crippen LogP contribution in [0.15, 0.2) is 30.3 Å². The zero-order valence-corrected chi connectivity index (χ0v) is 12.6. The maximum atomic E-state index is 10.8. The standard InChI is InChI=1S/C14H8Cl4O/c15-9-1-2-11(8(5-9)3-4-19)14-12(17)6-10(16)7-13(14)18/h1-2,4-7H,3H2. The second kappa shape index (κ2) is 6.15. The molecule has 0 radical (unpaired) electrons. The smallest absolute Gasteiger partial charge is 0.124 e. The van der Waals surface area contributed by atoms with Crippen LogP contribution in [0.25, 0.3) is 11.1 Å². The Morgan fingerprint density at radius 3 is 2.11 bits per heavy atom. The van der Waals surface area contributed by atoms with Gasteiger partial charge in [-0.1, -0.05) is 52.5 Å². The summed E-state index contributed by atoms with van der Waals surface area (Å²) in [6.45, 7) is 0. The van der Waals surface area contributed by atoms with Crippen molar-refractivity contribution < 1.29 is 4.79 Å². The number of carbonyl (C=O) groups is 1. The van der Waals surface area contributed by atoms with Gasteiger partial charge in [-0.05, 0) is 35.4 Å². The van der Waals surface area contributed by atoms with Crippen LogP contribution in [-0.4, -0.2) is 6.29 Å². The Labute approximate surface area is 131 Å². The minimum absolute atomic E-state index is 0.241. The third-order valence-electron chi connectivity index (χ3n) is 2.65. The molecular weight excluding hydrogens is 326 g/mol. The Morgan fingerprint density at radius 2 is 1.53 bits per heavy atom. The van der Waals surface area contributed by atoms with Gasteiger partial charge in [0, 0.05) is 22.0 Å². The highest BCUT2D eigenvalue weighted by Gasteiger charge is 2.14. The van der Waals surface area contributed by atoms with E-state index in [4.69, 9.17) is 46.4 Å². The zero-order valence-electron chi connectivity index (χ0n) is 9.59. The third-order valence-corrected chi connectivity index (χ3v) is 3.70. The molecule has 5 heteroatoms. The molecule has 2 rings (SSSR count). The van der Waals surface area contributed by atoms with Crippen LogP contribution in [-0.2, 0) is 11.2 Å². The molecule has 0 fully saturated rings. The van der Waals surface area contributed by atoms with Gasteiger partial charge in [-0.2, -0.15) is 0 Å². The average Bonchev–Trinajstić information content (AvgIpc) is 2.31. The predicted molar refractivity (Wildman–Crippen MR) is 81.7 cm³/mol. The molecule has 0 N–H and O–H groups in total. The van der Waals surface area contributed by atoms with E-state index in [9.17, 15) is 4.79 Å². The van der Waals surface area contributed by atoms with Gasteiger partial charge in [0.15, 0.2) is 0 Å². The summed E-state index contributed by atoms with van der Waals surface area (Å²) in [5.74, 6) is 0. The lowest BCUT2D eigenvalue weighted by atomic mass is 9.98. The summed E-state index contributed by atoms with van der Waals surface area (Å²) in [5, 5.41) is 1.89. The molecule has 1 nitrogen and oxygen atoms in total. The van der Waals surface area contributed by atoms with Crippen LogP contribution in [0.5, 0.6) is 0 Å². The highest BCUT2D eigenvalue weighted by molar-refractivity contribution is 6.42. The number of hydrogen-bond donors (Lipinski definition) is 0. The summed E-state index contributed by atoms with van der Waals surface area (Å²) in [6, 6.07) is 8.48. The summed E-state index contributed by atoms with van der Waals surface area (Å²) in [6.07, 6.45) is 1.05. The van der Waals surface area contributed by atoms with E-state index in [-0.39, 0.29) is 6.42 Å². The van der Waals surface area contributed by atoms with E-state index in [0.29, 0.717) is 25.7 Å². The summed E-state index contributed by atoms with van der Waals surface area (Å²) in [5.41, 5.74) is 2.21. The van der Waals surface area contributed by atoms with Crippen LogP contribution in [0, 0.1) is 0 Å². The summed E-state index contributed by atoms with van der Waals surface area (Å²) >= 11 is 24.2. The number of hydrogen-bond acceptors (Lipinski definition) is 1.